The molecule has 0 unspecified atom stereocenters. The van der Waals surface area contributed by atoms with Gasteiger partial charge in [-0.15, -0.1) is 10.2 Å². The molecule has 0 atom stereocenters. The van der Waals surface area contributed by atoms with Crippen molar-refractivity contribution in [3.05, 3.63) is 5.82 Å². The van der Waals surface area contributed by atoms with Crippen LogP contribution in [0.3, 0.4) is 0 Å². The Labute approximate surface area is 100 Å². The molecule has 0 amide bonds. The highest BCUT2D eigenvalue weighted by molar-refractivity contribution is 7.99. The molecule has 2 N–H and O–H groups in total. The first kappa shape index (κ1) is 11.9. The van der Waals surface area contributed by atoms with Crippen molar-refractivity contribution in [1.82, 2.24) is 19.7 Å². The molecule has 0 saturated carbocycles. The minimum Gasteiger partial charge on any atom is -0.324 e. The molecule has 1 aromatic heterocycles. The van der Waals surface area contributed by atoms with Gasteiger partial charge in [0.2, 0.25) is 0 Å². The number of hydrogen-bond donors (Lipinski definition) is 1. The van der Waals surface area contributed by atoms with Gasteiger partial charge in [-0.2, -0.15) is 0 Å². The van der Waals surface area contributed by atoms with Gasteiger partial charge in [0.05, 0.1) is 6.54 Å². The van der Waals surface area contributed by atoms with E-state index in [0.717, 1.165) is 23.3 Å². The van der Waals surface area contributed by atoms with Crippen molar-refractivity contribution in [2.75, 3.05) is 25.4 Å². The highest BCUT2D eigenvalue weighted by Gasteiger charge is 2.12. The van der Waals surface area contributed by atoms with Crippen molar-refractivity contribution in [3.63, 3.8) is 0 Å². The molecule has 2 heterocycles. The lowest BCUT2D eigenvalue weighted by Crippen LogP contribution is -2.22. The molecule has 6 heteroatoms. The first-order chi connectivity index (χ1) is 7.81. The van der Waals surface area contributed by atoms with Gasteiger partial charge in [-0.3, -0.25) is 0 Å². The second kappa shape index (κ2) is 5.65. The Morgan fingerprint density at radius 2 is 2.06 bits per heavy atom. The van der Waals surface area contributed by atoms with Crippen molar-refractivity contribution in [3.8, 4) is 0 Å². The Hall–Kier alpha value is -0.590. The van der Waals surface area contributed by atoms with Gasteiger partial charge in [0.1, 0.15) is 5.82 Å². The topological polar surface area (TPSA) is 60.0 Å². The summed E-state index contributed by atoms with van der Waals surface area (Å²) in [5.41, 5.74) is 5.55. The molecule has 1 saturated heterocycles. The van der Waals surface area contributed by atoms with Crippen LogP contribution in [0.4, 0.5) is 0 Å². The third-order valence-electron chi connectivity index (χ3n) is 2.95. The molecular weight excluding hydrogens is 222 g/mol. The fourth-order valence-corrected chi connectivity index (χ4v) is 2.85. The average molecular weight is 241 g/mol. The number of likely N-dealkylation sites (tertiary alicyclic amines) is 1. The molecule has 0 radical (unpaired) electrons. The van der Waals surface area contributed by atoms with Gasteiger partial charge in [0.15, 0.2) is 5.16 Å². The van der Waals surface area contributed by atoms with Crippen molar-refractivity contribution in [2.45, 2.75) is 24.5 Å². The van der Waals surface area contributed by atoms with E-state index in [0.29, 0.717) is 6.54 Å². The Balaban J connectivity index is 1.78. The number of thioether (sulfide) groups is 1. The van der Waals surface area contributed by atoms with Crippen LogP contribution in [0.5, 0.6) is 0 Å². The molecule has 1 fully saturated rings. The van der Waals surface area contributed by atoms with E-state index in [1.807, 2.05) is 11.6 Å². The van der Waals surface area contributed by atoms with Crippen LogP contribution in [0.25, 0.3) is 0 Å². The van der Waals surface area contributed by atoms with Gasteiger partial charge in [-0.05, 0) is 25.9 Å². The fourth-order valence-electron chi connectivity index (χ4n) is 1.92. The summed E-state index contributed by atoms with van der Waals surface area (Å²) in [6.07, 6.45) is 2.71. The van der Waals surface area contributed by atoms with Crippen LogP contribution in [0.1, 0.15) is 18.7 Å². The Morgan fingerprint density at radius 3 is 2.69 bits per heavy atom. The number of rotatable bonds is 5. The zero-order valence-electron chi connectivity index (χ0n) is 9.72. The van der Waals surface area contributed by atoms with Crippen LogP contribution < -0.4 is 5.73 Å². The molecule has 5 nitrogen and oxygen atoms in total. The van der Waals surface area contributed by atoms with Gasteiger partial charge in [-0.1, -0.05) is 11.8 Å². The number of aromatic nitrogens is 3. The maximum Gasteiger partial charge on any atom is 0.191 e. The summed E-state index contributed by atoms with van der Waals surface area (Å²) in [5.74, 6) is 1.93. The van der Waals surface area contributed by atoms with Crippen molar-refractivity contribution < 1.29 is 0 Å². The molecule has 1 aliphatic rings. The minimum absolute atomic E-state index is 0.455. The van der Waals surface area contributed by atoms with Crippen molar-refractivity contribution >= 4 is 11.8 Å². The van der Waals surface area contributed by atoms with Gasteiger partial charge < -0.3 is 15.2 Å². The zero-order chi connectivity index (χ0) is 11.4. The van der Waals surface area contributed by atoms with Gasteiger partial charge in [-0.25, -0.2) is 0 Å². The summed E-state index contributed by atoms with van der Waals surface area (Å²) in [6.45, 7) is 4.12. The predicted molar refractivity (Wildman–Crippen MR) is 65.3 cm³/mol. The highest BCUT2D eigenvalue weighted by Crippen LogP contribution is 2.16. The van der Waals surface area contributed by atoms with Gasteiger partial charge >= 0.3 is 0 Å². The third-order valence-corrected chi connectivity index (χ3v) is 3.95. The second-order valence-corrected chi connectivity index (χ2v) is 5.12. The molecule has 0 bridgehead atoms. The summed E-state index contributed by atoms with van der Waals surface area (Å²) in [4.78, 5) is 2.51. The number of nitrogens with two attached hydrogens (primary N) is 1. The second-order valence-electron chi connectivity index (χ2n) is 4.06. The van der Waals surface area contributed by atoms with E-state index in [4.69, 9.17) is 5.73 Å². The van der Waals surface area contributed by atoms with Crippen LogP contribution in [0.15, 0.2) is 5.16 Å². The standard InChI is InChI=1S/C10H19N5S/c1-14-9(8-11)12-13-10(14)16-7-6-15-4-2-3-5-15/h2-8,11H2,1H3. The summed E-state index contributed by atoms with van der Waals surface area (Å²) in [5, 5.41) is 9.14. The molecule has 0 spiro atoms. The van der Waals surface area contributed by atoms with Crippen LogP contribution in [-0.4, -0.2) is 45.1 Å². The summed E-state index contributed by atoms with van der Waals surface area (Å²) in [6, 6.07) is 0. The van der Waals surface area contributed by atoms with Gasteiger partial charge in [0, 0.05) is 19.3 Å². The Morgan fingerprint density at radius 1 is 1.31 bits per heavy atom. The average Bonchev–Trinajstić information content (AvgIpc) is 2.90. The molecule has 0 aliphatic carbocycles. The number of hydrogen-bond acceptors (Lipinski definition) is 5. The van der Waals surface area contributed by atoms with Crippen molar-refractivity contribution in [2.24, 2.45) is 12.8 Å². The SMILES string of the molecule is Cn1c(CN)nnc1SCCN1CCCC1. The van der Waals surface area contributed by atoms with Gasteiger partial charge in [0.25, 0.3) is 0 Å². The molecule has 0 aromatic carbocycles. The zero-order valence-corrected chi connectivity index (χ0v) is 10.5. The first-order valence-corrected chi connectivity index (χ1v) is 6.73. The maximum absolute atomic E-state index is 5.55. The normalized spacial score (nSPS) is 17.1. The predicted octanol–water partition coefficient (Wildman–Crippen LogP) is 0.462. The summed E-state index contributed by atoms with van der Waals surface area (Å²) >= 11 is 1.76. The monoisotopic (exact) mass is 241 g/mol. The molecule has 2 rings (SSSR count). The van der Waals surface area contributed by atoms with Crippen LogP contribution >= 0.6 is 11.8 Å². The van der Waals surface area contributed by atoms with Crippen LogP contribution in [0, 0.1) is 0 Å². The molecule has 1 aliphatic heterocycles. The van der Waals surface area contributed by atoms with E-state index in [2.05, 4.69) is 15.1 Å². The lowest BCUT2D eigenvalue weighted by Gasteiger charge is -2.13. The third kappa shape index (κ3) is 2.75. The van der Waals surface area contributed by atoms with E-state index in [9.17, 15) is 0 Å². The lowest BCUT2D eigenvalue weighted by molar-refractivity contribution is 0.362. The van der Waals surface area contributed by atoms with E-state index >= 15 is 0 Å². The molecule has 1 aromatic rings. The van der Waals surface area contributed by atoms with E-state index in [1.54, 1.807) is 11.8 Å². The summed E-state index contributed by atoms with van der Waals surface area (Å²) < 4.78 is 1.98. The smallest absolute Gasteiger partial charge is 0.191 e. The Bertz CT molecular complexity index is 332. The Kier molecular flexibility index (Phi) is 4.20. The first-order valence-electron chi connectivity index (χ1n) is 5.74. The maximum atomic E-state index is 5.55. The van der Waals surface area contributed by atoms with Crippen LogP contribution in [0.2, 0.25) is 0 Å². The minimum atomic E-state index is 0.455. The van der Waals surface area contributed by atoms with E-state index in [-0.39, 0.29) is 0 Å². The largest absolute Gasteiger partial charge is 0.324 e. The molecular formula is C10H19N5S. The lowest BCUT2D eigenvalue weighted by atomic mass is 10.4. The summed E-state index contributed by atoms with van der Waals surface area (Å²) in [7, 11) is 1.97. The van der Waals surface area contributed by atoms with Crippen molar-refractivity contribution in [1.29, 1.82) is 0 Å². The van der Waals surface area contributed by atoms with Crippen LogP contribution in [-0.2, 0) is 13.6 Å². The number of nitrogens with zero attached hydrogens (tertiary/aromatic N) is 4. The highest BCUT2D eigenvalue weighted by atomic mass is 32.2. The van der Waals surface area contributed by atoms with E-state index in [1.165, 1.54) is 25.9 Å². The molecule has 90 valence electrons. The van der Waals surface area contributed by atoms with E-state index < -0.39 is 0 Å². The molecule has 16 heavy (non-hydrogen) atoms. The quantitative estimate of drug-likeness (QED) is 0.759. The fraction of sp³-hybridized carbons (Fsp3) is 0.800.